The van der Waals surface area contributed by atoms with Gasteiger partial charge in [-0.1, -0.05) is 23.7 Å². The van der Waals surface area contributed by atoms with Crippen LogP contribution in [0.25, 0.3) is 0 Å². The van der Waals surface area contributed by atoms with Crippen molar-refractivity contribution in [3.05, 3.63) is 64.4 Å². The summed E-state index contributed by atoms with van der Waals surface area (Å²) >= 11 is 5.72. The second-order valence-electron chi connectivity index (χ2n) is 4.63. The Morgan fingerprint density at radius 3 is 2.35 bits per heavy atom. The fraction of sp³-hybridized carbons (Fsp3) is 0.133. The lowest BCUT2D eigenvalue weighted by Gasteiger charge is -2.11. The van der Waals surface area contributed by atoms with Gasteiger partial charge >= 0.3 is 12.2 Å². The van der Waals surface area contributed by atoms with Crippen molar-refractivity contribution in [2.75, 3.05) is 5.32 Å². The fourth-order valence-electron chi connectivity index (χ4n) is 1.75. The van der Waals surface area contributed by atoms with Crippen molar-refractivity contribution in [2.45, 2.75) is 12.7 Å². The highest BCUT2D eigenvalue weighted by atomic mass is 35.5. The molecule has 122 valence electrons. The average Bonchev–Trinajstić information content (AvgIpc) is 2.48. The van der Waals surface area contributed by atoms with Crippen LogP contribution in [0.3, 0.4) is 0 Å². The van der Waals surface area contributed by atoms with Crippen molar-refractivity contribution in [2.24, 2.45) is 0 Å². The number of halogens is 5. The standard InChI is InChI=1S/C15H11ClF4N2O/c16-11-4-1-9(2-5-11)8-21-14(23)22-13-7-10(15(18,19)20)3-6-12(13)17/h1-7H,8H2,(H2,21,22,23). The van der Waals surface area contributed by atoms with Crippen LogP contribution < -0.4 is 10.6 Å². The van der Waals surface area contributed by atoms with Gasteiger partial charge in [-0.2, -0.15) is 13.2 Å². The molecule has 0 aliphatic heterocycles. The van der Waals surface area contributed by atoms with Gasteiger partial charge in [0.2, 0.25) is 0 Å². The normalized spacial score (nSPS) is 11.2. The van der Waals surface area contributed by atoms with E-state index < -0.39 is 29.3 Å². The van der Waals surface area contributed by atoms with Crippen LogP contribution >= 0.6 is 11.6 Å². The van der Waals surface area contributed by atoms with Gasteiger partial charge in [-0.05, 0) is 35.9 Å². The summed E-state index contributed by atoms with van der Waals surface area (Å²) in [6.07, 6.45) is -4.62. The second kappa shape index (κ2) is 6.87. The molecular formula is C15H11ClF4N2O. The number of nitrogens with one attached hydrogen (secondary N) is 2. The highest BCUT2D eigenvalue weighted by molar-refractivity contribution is 6.30. The topological polar surface area (TPSA) is 41.1 Å². The van der Waals surface area contributed by atoms with E-state index in [-0.39, 0.29) is 6.54 Å². The Balaban J connectivity index is 2.01. The Labute approximate surface area is 134 Å². The Kier molecular flexibility index (Phi) is 5.10. The molecule has 0 unspecified atom stereocenters. The van der Waals surface area contributed by atoms with Gasteiger partial charge in [-0.15, -0.1) is 0 Å². The van der Waals surface area contributed by atoms with E-state index in [1.165, 1.54) is 0 Å². The van der Waals surface area contributed by atoms with Gasteiger partial charge in [0.1, 0.15) is 5.82 Å². The molecule has 2 aromatic carbocycles. The number of carbonyl (C=O) groups is 1. The molecule has 0 heterocycles. The number of anilines is 1. The summed E-state index contributed by atoms with van der Waals surface area (Å²) in [5.74, 6) is -0.959. The van der Waals surface area contributed by atoms with E-state index >= 15 is 0 Å². The van der Waals surface area contributed by atoms with Crippen molar-refractivity contribution < 1.29 is 22.4 Å². The summed E-state index contributed by atoms with van der Waals surface area (Å²) in [5, 5.41) is 5.00. The first kappa shape index (κ1) is 17.1. The van der Waals surface area contributed by atoms with Crippen molar-refractivity contribution >= 4 is 23.3 Å². The van der Waals surface area contributed by atoms with Crippen molar-refractivity contribution in [3.8, 4) is 0 Å². The second-order valence-corrected chi connectivity index (χ2v) is 5.06. The minimum atomic E-state index is -4.62. The van der Waals surface area contributed by atoms with E-state index in [1.54, 1.807) is 24.3 Å². The number of hydrogen-bond acceptors (Lipinski definition) is 1. The van der Waals surface area contributed by atoms with Gasteiger partial charge in [0.05, 0.1) is 11.3 Å². The molecule has 2 N–H and O–H groups in total. The number of amides is 2. The molecule has 0 spiro atoms. The number of carbonyl (C=O) groups excluding carboxylic acids is 1. The van der Waals surface area contributed by atoms with Gasteiger partial charge in [0, 0.05) is 11.6 Å². The van der Waals surface area contributed by atoms with E-state index in [0.717, 1.165) is 5.56 Å². The van der Waals surface area contributed by atoms with Crippen LogP contribution in [0.2, 0.25) is 5.02 Å². The van der Waals surface area contributed by atoms with E-state index in [1.807, 2.05) is 0 Å². The largest absolute Gasteiger partial charge is 0.416 e. The lowest BCUT2D eigenvalue weighted by Crippen LogP contribution is -2.28. The first-order chi connectivity index (χ1) is 10.8. The first-order valence-electron chi connectivity index (χ1n) is 6.42. The zero-order valence-electron chi connectivity index (χ0n) is 11.5. The summed E-state index contributed by atoms with van der Waals surface area (Å²) in [6.45, 7) is 0.115. The number of rotatable bonds is 3. The monoisotopic (exact) mass is 346 g/mol. The predicted octanol–water partition coefficient (Wildman–Crippen LogP) is 4.82. The van der Waals surface area contributed by atoms with Gasteiger partial charge < -0.3 is 10.6 Å². The minimum Gasteiger partial charge on any atom is -0.334 e. The molecule has 0 bridgehead atoms. The quantitative estimate of drug-likeness (QED) is 0.769. The van der Waals surface area contributed by atoms with Crippen LogP contribution in [0, 0.1) is 5.82 Å². The van der Waals surface area contributed by atoms with Crippen LogP contribution in [0.1, 0.15) is 11.1 Å². The van der Waals surface area contributed by atoms with Gasteiger partial charge in [-0.25, -0.2) is 9.18 Å². The van der Waals surface area contributed by atoms with Crippen LogP contribution in [-0.2, 0) is 12.7 Å². The Bertz CT molecular complexity index is 702. The van der Waals surface area contributed by atoms with Gasteiger partial charge in [0.25, 0.3) is 0 Å². The molecule has 0 saturated carbocycles. The first-order valence-corrected chi connectivity index (χ1v) is 6.79. The van der Waals surface area contributed by atoms with Crippen LogP contribution in [0.15, 0.2) is 42.5 Å². The molecule has 8 heteroatoms. The van der Waals surface area contributed by atoms with Crippen molar-refractivity contribution in [1.82, 2.24) is 5.32 Å². The molecule has 2 amide bonds. The predicted molar refractivity (Wildman–Crippen MR) is 78.7 cm³/mol. The third kappa shape index (κ3) is 4.85. The fourth-order valence-corrected chi connectivity index (χ4v) is 1.87. The maximum Gasteiger partial charge on any atom is 0.416 e. The maximum atomic E-state index is 13.5. The van der Waals surface area contributed by atoms with Gasteiger partial charge in [-0.3, -0.25) is 0 Å². The molecule has 0 aromatic heterocycles. The van der Waals surface area contributed by atoms with Crippen LogP contribution in [-0.4, -0.2) is 6.03 Å². The summed E-state index contributed by atoms with van der Waals surface area (Å²) in [7, 11) is 0. The highest BCUT2D eigenvalue weighted by Gasteiger charge is 2.31. The number of alkyl halides is 3. The molecule has 0 aliphatic carbocycles. The zero-order valence-corrected chi connectivity index (χ0v) is 12.3. The smallest absolute Gasteiger partial charge is 0.334 e. The van der Waals surface area contributed by atoms with E-state index in [4.69, 9.17) is 11.6 Å². The summed E-state index contributed by atoms with van der Waals surface area (Å²) < 4.78 is 51.2. The average molecular weight is 347 g/mol. The lowest BCUT2D eigenvalue weighted by molar-refractivity contribution is -0.137. The maximum absolute atomic E-state index is 13.5. The molecule has 0 saturated heterocycles. The van der Waals surface area contributed by atoms with E-state index in [9.17, 15) is 22.4 Å². The molecule has 3 nitrogen and oxygen atoms in total. The minimum absolute atomic E-state index is 0.115. The third-order valence-electron chi connectivity index (χ3n) is 2.91. The molecule has 23 heavy (non-hydrogen) atoms. The molecule has 0 aliphatic rings. The van der Waals surface area contributed by atoms with Crippen molar-refractivity contribution in [1.29, 1.82) is 0 Å². The highest BCUT2D eigenvalue weighted by Crippen LogP contribution is 2.31. The number of benzene rings is 2. The molecule has 2 rings (SSSR count). The summed E-state index contributed by atoms with van der Waals surface area (Å²) in [6, 6.07) is 7.58. The molecule has 0 fully saturated rings. The Morgan fingerprint density at radius 2 is 1.74 bits per heavy atom. The lowest BCUT2D eigenvalue weighted by atomic mass is 10.2. The third-order valence-corrected chi connectivity index (χ3v) is 3.16. The molecule has 0 radical (unpaired) electrons. The SMILES string of the molecule is O=C(NCc1ccc(Cl)cc1)Nc1cc(C(F)(F)F)ccc1F. The van der Waals surface area contributed by atoms with E-state index in [0.29, 0.717) is 23.2 Å². The number of urea groups is 1. The van der Waals surface area contributed by atoms with E-state index in [2.05, 4.69) is 10.6 Å². The Hall–Kier alpha value is -2.28. The summed E-state index contributed by atoms with van der Waals surface area (Å²) in [4.78, 5) is 11.7. The summed E-state index contributed by atoms with van der Waals surface area (Å²) in [5.41, 5.74) is -0.866. The van der Waals surface area contributed by atoms with Crippen LogP contribution in [0.5, 0.6) is 0 Å². The van der Waals surface area contributed by atoms with Crippen molar-refractivity contribution in [3.63, 3.8) is 0 Å². The molecular weight excluding hydrogens is 336 g/mol. The van der Waals surface area contributed by atoms with Gasteiger partial charge in [0.15, 0.2) is 0 Å². The molecule has 2 aromatic rings. The zero-order chi connectivity index (χ0) is 17.0. The Morgan fingerprint density at radius 1 is 1.09 bits per heavy atom. The van der Waals surface area contributed by atoms with Crippen LogP contribution in [0.4, 0.5) is 28.0 Å². The number of hydrogen-bond donors (Lipinski definition) is 2. The molecule has 0 atom stereocenters.